The summed E-state index contributed by atoms with van der Waals surface area (Å²) in [7, 11) is 0. The summed E-state index contributed by atoms with van der Waals surface area (Å²) in [4.78, 5) is 1.06. The summed E-state index contributed by atoms with van der Waals surface area (Å²) in [5.74, 6) is 0.746. The first kappa shape index (κ1) is 12.2. The first-order valence-electron chi connectivity index (χ1n) is 6.34. The van der Waals surface area contributed by atoms with E-state index in [0.29, 0.717) is 0 Å². The molecule has 94 valence electrons. The van der Waals surface area contributed by atoms with Gasteiger partial charge in [0.05, 0.1) is 11.1 Å². The second-order valence-electron chi connectivity index (χ2n) is 4.91. The maximum Gasteiger partial charge on any atom is 0.0661 e. The van der Waals surface area contributed by atoms with Gasteiger partial charge in [-0.15, -0.1) is 11.3 Å². The molecule has 1 nitrogen and oxygen atoms in total. The Morgan fingerprint density at radius 3 is 2.72 bits per heavy atom. The lowest BCUT2D eigenvalue weighted by molar-refractivity contribution is 0.419. The molecule has 2 N–H and O–H groups in total. The summed E-state index contributed by atoms with van der Waals surface area (Å²) in [5, 5.41) is 2.77. The third-order valence-corrected chi connectivity index (χ3v) is 5.22. The molecule has 3 rings (SSSR count). The fourth-order valence-corrected chi connectivity index (χ4v) is 3.63. The minimum absolute atomic E-state index is 0.0995. The second kappa shape index (κ2) is 5.04. The molecule has 1 atom stereocenters. The summed E-state index contributed by atoms with van der Waals surface area (Å²) < 4.78 is 0. The van der Waals surface area contributed by atoms with Gasteiger partial charge in [0, 0.05) is 4.88 Å². The highest BCUT2D eigenvalue weighted by Gasteiger charge is 2.21. The zero-order valence-corrected chi connectivity index (χ0v) is 11.7. The molecular weight excluding hydrogens is 262 g/mol. The average Bonchev–Trinajstić information content (AvgIpc) is 2.73. The number of nitrogens with two attached hydrogens (primary N) is 1. The van der Waals surface area contributed by atoms with Gasteiger partial charge in [0.1, 0.15) is 0 Å². The molecule has 1 aromatic carbocycles. The molecule has 1 fully saturated rings. The van der Waals surface area contributed by atoms with Crippen LogP contribution in [0.25, 0.3) is 0 Å². The Hall–Kier alpha value is -0.830. The molecule has 1 saturated carbocycles. The van der Waals surface area contributed by atoms with Crippen molar-refractivity contribution in [3.05, 3.63) is 56.7 Å². The van der Waals surface area contributed by atoms with Crippen LogP contribution in [0.1, 0.15) is 47.2 Å². The van der Waals surface area contributed by atoms with E-state index in [1.807, 2.05) is 11.4 Å². The van der Waals surface area contributed by atoms with Crippen LogP contribution in [0.3, 0.4) is 0 Å². The van der Waals surface area contributed by atoms with E-state index in [4.69, 9.17) is 17.3 Å². The lowest BCUT2D eigenvalue weighted by atomic mass is 9.79. The predicted octanol–water partition coefficient (Wildman–Crippen LogP) is 4.72. The van der Waals surface area contributed by atoms with E-state index in [0.717, 1.165) is 15.8 Å². The van der Waals surface area contributed by atoms with Crippen molar-refractivity contribution in [1.82, 2.24) is 0 Å². The second-order valence-corrected chi connectivity index (χ2v) is 6.26. The molecule has 1 aliphatic carbocycles. The van der Waals surface area contributed by atoms with Crippen LogP contribution < -0.4 is 5.73 Å². The molecule has 0 radical (unpaired) electrons. The van der Waals surface area contributed by atoms with Gasteiger partial charge in [-0.05, 0) is 41.3 Å². The third kappa shape index (κ3) is 2.20. The molecule has 1 aliphatic rings. The van der Waals surface area contributed by atoms with Crippen molar-refractivity contribution in [1.29, 1.82) is 0 Å². The molecule has 2 aromatic rings. The van der Waals surface area contributed by atoms with Gasteiger partial charge in [-0.1, -0.05) is 42.3 Å². The summed E-state index contributed by atoms with van der Waals surface area (Å²) in [6.45, 7) is 0. The van der Waals surface area contributed by atoms with Crippen LogP contribution in [0, 0.1) is 0 Å². The Labute approximate surface area is 117 Å². The molecule has 0 aliphatic heterocycles. The molecule has 0 amide bonds. The first-order chi connectivity index (χ1) is 8.75. The van der Waals surface area contributed by atoms with Gasteiger partial charge < -0.3 is 5.73 Å². The number of halogens is 1. The van der Waals surface area contributed by atoms with E-state index in [2.05, 4.69) is 24.3 Å². The van der Waals surface area contributed by atoms with Gasteiger partial charge in [0.2, 0.25) is 0 Å². The molecule has 0 saturated heterocycles. The first-order valence-corrected chi connectivity index (χ1v) is 7.60. The van der Waals surface area contributed by atoms with Crippen molar-refractivity contribution in [3.8, 4) is 0 Å². The summed E-state index contributed by atoms with van der Waals surface area (Å²) in [6, 6.07) is 10.5. The van der Waals surface area contributed by atoms with Crippen LogP contribution >= 0.6 is 22.9 Å². The lowest BCUT2D eigenvalue weighted by Gasteiger charge is -2.26. The standard InChI is InChI=1S/C15H16ClNS/c16-13-7-8-18-15(13)14(17)12-6-2-5-11(9-12)10-3-1-4-10/h2,5-10,14H,1,3-4,17H2. The van der Waals surface area contributed by atoms with Gasteiger partial charge in [-0.2, -0.15) is 0 Å². The SMILES string of the molecule is NC(c1cccc(C2CCC2)c1)c1sccc1Cl. The van der Waals surface area contributed by atoms with Crippen LogP contribution in [0.15, 0.2) is 35.7 Å². The van der Waals surface area contributed by atoms with Crippen molar-refractivity contribution in [2.24, 2.45) is 5.73 Å². The predicted molar refractivity (Wildman–Crippen MR) is 78.4 cm³/mol. The van der Waals surface area contributed by atoms with Crippen LogP contribution in [0.5, 0.6) is 0 Å². The highest BCUT2D eigenvalue weighted by atomic mass is 35.5. The lowest BCUT2D eigenvalue weighted by Crippen LogP contribution is -2.13. The zero-order chi connectivity index (χ0) is 12.5. The molecule has 1 heterocycles. The molecule has 1 unspecified atom stereocenters. The summed E-state index contributed by atoms with van der Waals surface area (Å²) in [5.41, 5.74) is 8.92. The Morgan fingerprint density at radius 1 is 1.28 bits per heavy atom. The van der Waals surface area contributed by atoms with E-state index in [9.17, 15) is 0 Å². The summed E-state index contributed by atoms with van der Waals surface area (Å²) >= 11 is 7.79. The largest absolute Gasteiger partial charge is 0.320 e. The molecule has 0 spiro atoms. The number of thiophene rings is 1. The molecular formula is C15H16ClNS. The summed E-state index contributed by atoms with van der Waals surface area (Å²) in [6.07, 6.45) is 3.99. The Kier molecular flexibility index (Phi) is 3.42. The van der Waals surface area contributed by atoms with Crippen LogP contribution in [0.2, 0.25) is 5.02 Å². The fraction of sp³-hybridized carbons (Fsp3) is 0.333. The Balaban J connectivity index is 1.89. The van der Waals surface area contributed by atoms with Crippen LogP contribution in [-0.2, 0) is 0 Å². The van der Waals surface area contributed by atoms with Crippen molar-refractivity contribution < 1.29 is 0 Å². The average molecular weight is 278 g/mol. The Morgan fingerprint density at radius 2 is 2.11 bits per heavy atom. The number of hydrogen-bond acceptors (Lipinski definition) is 2. The quantitative estimate of drug-likeness (QED) is 0.863. The molecule has 1 aromatic heterocycles. The van der Waals surface area contributed by atoms with E-state index in [-0.39, 0.29) is 6.04 Å². The van der Waals surface area contributed by atoms with Gasteiger partial charge >= 0.3 is 0 Å². The van der Waals surface area contributed by atoms with Crippen molar-refractivity contribution in [2.75, 3.05) is 0 Å². The topological polar surface area (TPSA) is 26.0 Å². The van der Waals surface area contributed by atoms with Crippen molar-refractivity contribution in [2.45, 2.75) is 31.2 Å². The van der Waals surface area contributed by atoms with Gasteiger partial charge in [-0.3, -0.25) is 0 Å². The van der Waals surface area contributed by atoms with Crippen LogP contribution in [0.4, 0.5) is 0 Å². The number of benzene rings is 1. The van der Waals surface area contributed by atoms with Crippen LogP contribution in [-0.4, -0.2) is 0 Å². The van der Waals surface area contributed by atoms with Crippen molar-refractivity contribution in [3.63, 3.8) is 0 Å². The maximum absolute atomic E-state index is 6.32. The monoisotopic (exact) mass is 277 g/mol. The van der Waals surface area contributed by atoms with Gasteiger partial charge in [0.25, 0.3) is 0 Å². The minimum atomic E-state index is -0.0995. The Bertz CT molecular complexity index is 545. The maximum atomic E-state index is 6.32. The minimum Gasteiger partial charge on any atom is -0.320 e. The molecule has 3 heteroatoms. The third-order valence-electron chi connectivity index (χ3n) is 3.77. The normalized spacial score (nSPS) is 17.4. The highest BCUT2D eigenvalue weighted by molar-refractivity contribution is 7.10. The van der Waals surface area contributed by atoms with E-state index in [1.54, 1.807) is 11.3 Å². The van der Waals surface area contributed by atoms with E-state index in [1.165, 1.54) is 30.4 Å². The molecule has 18 heavy (non-hydrogen) atoms. The number of rotatable bonds is 3. The van der Waals surface area contributed by atoms with E-state index >= 15 is 0 Å². The zero-order valence-electron chi connectivity index (χ0n) is 10.1. The van der Waals surface area contributed by atoms with Crippen molar-refractivity contribution >= 4 is 22.9 Å². The number of hydrogen-bond donors (Lipinski definition) is 1. The van der Waals surface area contributed by atoms with Gasteiger partial charge in [-0.25, -0.2) is 0 Å². The smallest absolute Gasteiger partial charge is 0.0661 e. The molecule has 0 bridgehead atoms. The van der Waals surface area contributed by atoms with Gasteiger partial charge in [0.15, 0.2) is 0 Å². The highest BCUT2D eigenvalue weighted by Crippen LogP contribution is 2.38. The fourth-order valence-electron chi connectivity index (χ4n) is 2.43. The van der Waals surface area contributed by atoms with E-state index < -0.39 is 0 Å².